The molecule has 150 valence electrons. The van der Waals surface area contributed by atoms with Gasteiger partial charge in [0.15, 0.2) is 5.78 Å². The molecule has 4 rings (SSSR count). The number of alkyl carbamates (subject to hydrolysis) is 1. The highest BCUT2D eigenvalue weighted by molar-refractivity contribution is 5.94. The number of ether oxygens (including phenoxy) is 1. The quantitative estimate of drug-likeness (QED) is 0.564. The van der Waals surface area contributed by atoms with Gasteiger partial charge in [-0.05, 0) is 40.8 Å². The molecular formula is C26H23NO3. The van der Waals surface area contributed by atoms with Crippen molar-refractivity contribution >= 4 is 18.0 Å². The summed E-state index contributed by atoms with van der Waals surface area (Å²) in [5, 5.41) is 2.75. The van der Waals surface area contributed by atoms with Crippen LogP contribution in [-0.4, -0.2) is 25.0 Å². The summed E-state index contributed by atoms with van der Waals surface area (Å²) in [5.74, 6) is 0.0787. The summed E-state index contributed by atoms with van der Waals surface area (Å²) in [5.41, 5.74) is 6.38. The summed E-state index contributed by atoms with van der Waals surface area (Å²) in [6, 6.07) is 23.9. The van der Waals surface area contributed by atoms with Gasteiger partial charge in [-0.1, -0.05) is 78.9 Å². The van der Waals surface area contributed by atoms with Gasteiger partial charge in [0.25, 0.3) is 0 Å². The van der Waals surface area contributed by atoms with Crippen molar-refractivity contribution in [3.05, 3.63) is 101 Å². The maximum atomic E-state index is 12.2. The van der Waals surface area contributed by atoms with E-state index in [2.05, 4.69) is 29.6 Å². The number of carbonyl (C=O) groups is 2. The van der Waals surface area contributed by atoms with Crippen LogP contribution in [0.3, 0.4) is 0 Å². The van der Waals surface area contributed by atoms with Gasteiger partial charge in [0.1, 0.15) is 6.61 Å². The molecule has 0 heterocycles. The second kappa shape index (κ2) is 8.78. The maximum Gasteiger partial charge on any atom is 0.407 e. The van der Waals surface area contributed by atoms with Gasteiger partial charge in [0.2, 0.25) is 0 Å². The third kappa shape index (κ3) is 4.18. The number of ketones is 1. The zero-order valence-electron chi connectivity index (χ0n) is 16.8. The number of nitrogens with one attached hydrogen (secondary N) is 1. The number of hydrogen-bond acceptors (Lipinski definition) is 3. The fourth-order valence-electron chi connectivity index (χ4n) is 3.85. The van der Waals surface area contributed by atoms with Crippen LogP contribution < -0.4 is 5.32 Å². The Labute approximate surface area is 176 Å². The minimum atomic E-state index is -0.445. The fraction of sp³-hybridized carbons (Fsp3) is 0.154. The summed E-state index contributed by atoms with van der Waals surface area (Å²) < 4.78 is 5.51. The van der Waals surface area contributed by atoms with Crippen molar-refractivity contribution in [3.63, 3.8) is 0 Å². The van der Waals surface area contributed by atoms with Crippen molar-refractivity contribution in [3.8, 4) is 11.1 Å². The van der Waals surface area contributed by atoms with E-state index in [4.69, 9.17) is 4.74 Å². The first-order valence-electron chi connectivity index (χ1n) is 10.00. The Balaban J connectivity index is 1.32. The molecule has 0 saturated heterocycles. The summed E-state index contributed by atoms with van der Waals surface area (Å²) in [6.07, 6.45) is 3.26. The van der Waals surface area contributed by atoms with Gasteiger partial charge in [-0.25, -0.2) is 4.79 Å². The molecule has 0 bridgehead atoms. The lowest BCUT2D eigenvalue weighted by molar-refractivity contribution is 0.101. The fourth-order valence-corrected chi connectivity index (χ4v) is 3.85. The minimum absolute atomic E-state index is 0.0296. The Morgan fingerprint density at radius 3 is 2.27 bits per heavy atom. The monoisotopic (exact) mass is 397 g/mol. The number of carbonyl (C=O) groups excluding carboxylic acids is 2. The third-order valence-electron chi connectivity index (χ3n) is 5.31. The largest absolute Gasteiger partial charge is 0.449 e. The molecule has 4 nitrogen and oxygen atoms in total. The second-order valence-corrected chi connectivity index (χ2v) is 7.29. The van der Waals surface area contributed by atoms with Crippen LogP contribution in [0, 0.1) is 0 Å². The summed E-state index contributed by atoms with van der Waals surface area (Å²) in [4.78, 5) is 23.6. The van der Waals surface area contributed by atoms with E-state index >= 15 is 0 Å². The molecule has 0 aromatic heterocycles. The van der Waals surface area contributed by atoms with E-state index in [1.165, 1.54) is 22.3 Å². The Hall–Kier alpha value is -3.66. The number of hydrogen-bond donors (Lipinski definition) is 1. The lowest BCUT2D eigenvalue weighted by Crippen LogP contribution is -2.26. The van der Waals surface area contributed by atoms with Gasteiger partial charge < -0.3 is 10.1 Å². The van der Waals surface area contributed by atoms with Crippen LogP contribution in [0.25, 0.3) is 17.2 Å². The molecule has 0 fully saturated rings. The average Bonchev–Trinajstić information content (AvgIpc) is 3.09. The van der Waals surface area contributed by atoms with Crippen molar-refractivity contribution in [2.45, 2.75) is 12.8 Å². The van der Waals surface area contributed by atoms with Gasteiger partial charge in [-0.15, -0.1) is 0 Å². The molecule has 0 saturated carbocycles. The predicted molar refractivity (Wildman–Crippen MR) is 119 cm³/mol. The maximum absolute atomic E-state index is 12.2. The predicted octanol–water partition coefficient (Wildman–Crippen LogP) is 5.44. The van der Waals surface area contributed by atoms with E-state index in [0.717, 1.165) is 5.56 Å². The molecule has 1 amide bonds. The highest BCUT2D eigenvalue weighted by atomic mass is 16.5. The molecule has 1 N–H and O–H groups in total. The van der Waals surface area contributed by atoms with Crippen LogP contribution in [-0.2, 0) is 4.74 Å². The lowest BCUT2D eigenvalue weighted by Gasteiger charge is -2.14. The molecule has 0 atom stereocenters. The SMILES string of the molecule is CC(=O)c1cccc(C=CCNC(=O)OCC2c3ccccc3-c3ccccc32)c1. The average molecular weight is 397 g/mol. The number of amides is 1. The Bertz CT molecular complexity index is 1070. The molecule has 4 heteroatoms. The van der Waals surface area contributed by atoms with Crippen LogP contribution in [0.15, 0.2) is 78.9 Å². The smallest absolute Gasteiger partial charge is 0.407 e. The summed E-state index contributed by atoms with van der Waals surface area (Å²) in [7, 11) is 0. The van der Waals surface area contributed by atoms with Gasteiger partial charge >= 0.3 is 6.09 Å². The zero-order chi connectivity index (χ0) is 20.9. The van der Waals surface area contributed by atoms with E-state index in [0.29, 0.717) is 18.7 Å². The molecule has 0 spiro atoms. The minimum Gasteiger partial charge on any atom is -0.449 e. The van der Waals surface area contributed by atoms with Gasteiger partial charge in [0.05, 0.1) is 0 Å². The van der Waals surface area contributed by atoms with Crippen molar-refractivity contribution in [1.82, 2.24) is 5.32 Å². The van der Waals surface area contributed by atoms with Crippen LogP contribution in [0.4, 0.5) is 4.79 Å². The lowest BCUT2D eigenvalue weighted by atomic mass is 9.98. The van der Waals surface area contributed by atoms with Crippen molar-refractivity contribution in [2.75, 3.05) is 13.2 Å². The number of Topliss-reactive ketones (excluding diaryl/α,β-unsaturated/α-hetero) is 1. The molecule has 1 aliphatic rings. The number of rotatable bonds is 6. The third-order valence-corrected chi connectivity index (χ3v) is 5.31. The first-order chi connectivity index (χ1) is 14.6. The molecule has 0 radical (unpaired) electrons. The van der Waals surface area contributed by atoms with Gasteiger partial charge in [-0.2, -0.15) is 0 Å². The number of benzene rings is 3. The zero-order valence-corrected chi connectivity index (χ0v) is 16.8. The molecule has 3 aromatic carbocycles. The van der Waals surface area contributed by atoms with Crippen LogP contribution in [0.5, 0.6) is 0 Å². The van der Waals surface area contributed by atoms with Crippen molar-refractivity contribution < 1.29 is 14.3 Å². The van der Waals surface area contributed by atoms with Crippen LogP contribution >= 0.6 is 0 Å². The van der Waals surface area contributed by atoms with E-state index in [1.807, 2.05) is 54.6 Å². The molecule has 0 unspecified atom stereocenters. The molecule has 0 aliphatic heterocycles. The molecule has 3 aromatic rings. The highest BCUT2D eigenvalue weighted by Crippen LogP contribution is 2.44. The van der Waals surface area contributed by atoms with Crippen molar-refractivity contribution in [1.29, 1.82) is 0 Å². The van der Waals surface area contributed by atoms with E-state index in [9.17, 15) is 9.59 Å². The second-order valence-electron chi connectivity index (χ2n) is 7.29. The number of fused-ring (bicyclic) bond motifs is 3. The summed E-state index contributed by atoms with van der Waals surface area (Å²) >= 11 is 0. The molecular weight excluding hydrogens is 374 g/mol. The van der Waals surface area contributed by atoms with Gasteiger partial charge in [0, 0.05) is 18.0 Å². The van der Waals surface area contributed by atoms with E-state index < -0.39 is 6.09 Å². The highest BCUT2D eigenvalue weighted by Gasteiger charge is 2.28. The topological polar surface area (TPSA) is 55.4 Å². The Morgan fingerprint density at radius 2 is 1.60 bits per heavy atom. The molecule has 1 aliphatic carbocycles. The Kier molecular flexibility index (Phi) is 5.75. The van der Waals surface area contributed by atoms with E-state index in [-0.39, 0.29) is 11.7 Å². The first kappa shape index (κ1) is 19.6. The van der Waals surface area contributed by atoms with E-state index in [1.54, 1.807) is 13.0 Å². The van der Waals surface area contributed by atoms with Crippen LogP contribution in [0.1, 0.15) is 39.9 Å². The standard InChI is InChI=1S/C26H23NO3/c1-18(28)20-10-6-8-19(16-20)9-7-15-27-26(29)30-17-25-23-13-4-2-11-21(23)22-12-3-5-14-24(22)25/h2-14,16,25H,15,17H2,1H3,(H,27,29). The first-order valence-corrected chi connectivity index (χ1v) is 10.00. The van der Waals surface area contributed by atoms with Crippen molar-refractivity contribution in [2.24, 2.45) is 0 Å². The van der Waals surface area contributed by atoms with Crippen LogP contribution in [0.2, 0.25) is 0 Å². The summed E-state index contributed by atoms with van der Waals surface area (Å²) in [6.45, 7) is 2.19. The van der Waals surface area contributed by atoms with Gasteiger partial charge in [-0.3, -0.25) is 4.79 Å². The Morgan fingerprint density at radius 1 is 0.933 bits per heavy atom. The normalized spacial score (nSPS) is 12.4. The molecule has 30 heavy (non-hydrogen) atoms.